The minimum atomic E-state index is -3.03. The number of hydrogen-bond acceptors (Lipinski definition) is 8. The molecule has 2 amide bonds. The fraction of sp³-hybridized carbons (Fsp3) is 0.542. The quantitative estimate of drug-likeness (QED) is 0.590. The molecule has 2 N–H and O–H groups in total. The predicted molar refractivity (Wildman–Crippen MR) is 136 cm³/mol. The molecule has 2 aliphatic heterocycles. The summed E-state index contributed by atoms with van der Waals surface area (Å²) in [6.07, 6.45) is 2.04. The van der Waals surface area contributed by atoms with Crippen molar-refractivity contribution in [3.63, 3.8) is 0 Å². The number of carbonyl (C=O) groups excluding carboxylic acids is 1. The highest BCUT2D eigenvalue weighted by atomic mass is 32.2. The van der Waals surface area contributed by atoms with Gasteiger partial charge in [0.2, 0.25) is 0 Å². The Morgan fingerprint density at radius 2 is 1.97 bits per heavy atom. The molecule has 1 aromatic heterocycles. The summed E-state index contributed by atoms with van der Waals surface area (Å²) in [7, 11) is -3.03. The Kier molecular flexibility index (Phi) is 7.88. The van der Waals surface area contributed by atoms with Crippen LogP contribution in [0.3, 0.4) is 0 Å². The van der Waals surface area contributed by atoms with Gasteiger partial charge >= 0.3 is 6.03 Å². The first-order chi connectivity index (χ1) is 16.7. The van der Waals surface area contributed by atoms with Crippen molar-refractivity contribution in [2.75, 3.05) is 61.6 Å². The number of aromatic nitrogens is 2. The molecular formula is C24H34N6O4S. The largest absolute Gasteiger partial charge is 0.377 e. The maximum atomic E-state index is 11.8. The molecule has 0 spiro atoms. The summed E-state index contributed by atoms with van der Waals surface area (Å²) in [4.78, 5) is 26.2. The van der Waals surface area contributed by atoms with Crippen molar-refractivity contribution in [1.29, 1.82) is 0 Å². The molecular weight excluding hydrogens is 468 g/mol. The van der Waals surface area contributed by atoms with Crippen molar-refractivity contribution in [3.05, 3.63) is 35.5 Å². The average molecular weight is 503 g/mol. The lowest BCUT2D eigenvalue weighted by atomic mass is 10.0. The highest BCUT2D eigenvalue weighted by molar-refractivity contribution is 7.90. The Morgan fingerprint density at radius 1 is 1.20 bits per heavy atom. The first-order valence-electron chi connectivity index (χ1n) is 12.0. The van der Waals surface area contributed by atoms with Gasteiger partial charge in [0.1, 0.15) is 15.7 Å². The number of fused-ring (bicyclic) bond motifs is 1. The maximum Gasteiger partial charge on any atom is 0.319 e. The van der Waals surface area contributed by atoms with E-state index in [0.29, 0.717) is 44.4 Å². The number of sulfone groups is 1. The molecule has 35 heavy (non-hydrogen) atoms. The molecule has 0 aliphatic carbocycles. The van der Waals surface area contributed by atoms with Crippen molar-refractivity contribution >= 4 is 27.4 Å². The SMILES string of the molecule is CCNC(=O)Nc1ccc(-c2nc3c(c(N4CCOCC4C)n2)CCN(CCS(C)(=O)=O)C3)cc1. The van der Waals surface area contributed by atoms with Crippen LogP contribution in [0.25, 0.3) is 11.4 Å². The maximum absolute atomic E-state index is 11.8. The Hall–Kier alpha value is -2.76. The smallest absolute Gasteiger partial charge is 0.319 e. The van der Waals surface area contributed by atoms with Crippen LogP contribution in [0, 0.1) is 0 Å². The van der Waals surface area contributed by atoms with Crippen LogP contribution >= 0.6 is 0 Å². The fourth-order valence-corrected chi connectivity index (χ4v) is 4.99. The van der Waals surface area contributed by atoms with Crippen LogP contribution in [0.1, 0.15) is 25.1 Å². The second kappa shape index (κ2) is 10.9. The topological polar surface area (TPSA) is 117 Å². The summed E-state index contributed by atoms with van der Waals surface area (Å²) in [5.74, 6) is 1.69. The molecule has 1 atom stereocenters. The lowest BCUT2D eigenvalue weighted by Crippen LogP contribution is -2.45. The lowest BCUT2D eigenvalue weighted by Gasteiger charge is -2.37. The van der Waals surface area contributed by atoms with E-state index >= 15 is 0 Å². The van der Waals surface area contributed by atoms with Gasteiger partial charge in [0, 0.05) is 55.8 Å². The van der Waals surface area contributed by atoms with E-state index in [9.17, 15) is 13.2 Å². The second-order valence-corrected chi connectivity index (χ2v) is 11.4. The first-order valence-corrected chi connectivity index (χ1v) is 14.1. The summed E-state index contributed by atoms with van der Waals surface area (Å²) < 4.78 is 29.0. The van der Waals surface area contributed by atoms with Gasteiger partial charge in [-0.15, -0.1) is 0 Å². The third-order valence-electron chi connectivity index (χ3n) is 6.28. The number of benzene rings is 1. The average Bonchev–Trinajstić information content (AvgIpc) is 2.82. The lowest BCUT2D eigenvalue weighted by molar-refractivity contribution is 0.0983. The van der Waals surface area contributed by atoms with E-state index in [-0.39, 0.29) is 17.8 Å². The number of morpholine rings is 1. The molecule has 1 aromatic carbocycles. The van der Waals surface area contributed by atoms with E-state index in [1.165, 1.54) is 6.26 Å². The molecule has 2 aliphatic rings. The van der Waals surface area contributed by atoms with E-state index in [4.69, 9.17) is 14.7 Å². The van der Waals surface area contributed by atoms with Crippen LogP contribution in [0.4, 0.5) is 16.3 Å². The van der Waals surface area contributed by atoms with E-state index in [1.54, 1.807) is 0 Å². The van der Waals surface area contributed by atoms with Crippen LogP contribution in [0.15, 0.2) is 24.3 Å². The van der Waals surface area contributed by atoms with E-state index < -0.39 is 9.84 Å². The van der Waals surface area contributed by atoms with Gasteiger partial charge in [0.05, 0.1) is 30.7 Å². The van der Waals surface area contributed by atoms with Crippen molar-refractivity contribution in [3.8, 4) is 11.4 Å². The normalized spacial score (nSPS) is 18.7. The third-order valence-corrected chi connectivity index (χ3v) is 7.20. The summed E-state index contributed by atoms with van der Waals surface area (Å²) >= 11 is 0. The van der Waals surface area contributed by atoms with E-state index in [0.717, 1.165) is 42.1 Å². The van der Waals surface area contributed by atoms with Gasteiger partial charge in [-0.1, -0.05) is 0 Å². The standard InChI is InChI=1S/C24H34N6O4S/c1-4-25-24(31)26-19-7-5-18(6-8-19)22-27-21-15-29(12-14-35(3,32)33)10-9-20(21)23(28-22)30-11-13-34-16-17(30)2/h5-8,17H,4,9-16H2,1-3H3,(H2,25,26,31). The molecule has 3 heterocycles. The molecule has 0 bridgehead atoms. The van der Waals surface area contributed by atoms with Crippen molar-refractivity contribution in [1.82, 2.24) is 20.2 Å². The molecule has 0 radical (unpaired) electrons. The Bertz CT molecular complexity index is 1160. The zero-order valence-corrected chi connectivity index (χ0v) is 21.4. The van der Waals surface area contributed by atoms with Gasteiger partial charge in [-0.25, -0.2) is 23.2 Å². The molecule has 1 fully saturated rings. The summed E-state index contributed by atoms with van der Waals surface area (Å²) in [6, 6.07) is 7.43. The monoisotopic (exact) mass is 502 g/mol. The van der Waals surface area contributed by atoms with Crippen molar-refractivity contribution < 1.29 is 17.9 Å². The molecule has 4 rings (SSSR count). The van der Waals surface area contributed by atoms with E-state index in [1.807, 2.05) is 31.2 Å². The van der Waals surface area contributed by atoms with Crippen molar-refractivity contribution in [2.24, 2.45) is 0 Å². The molecule has 0 saturated carbocycles. The number of hydrogen-bond donors (Lipinski definition) is 2. The zero-order chi connectivity index (χ0) is 25.0. The highest BCUT2D eigenvalue weighted by Gasteiger charge is 2.29. The molecule has 1 unspecified atom stereocenters. The number of amides is 2. The van der Waals surface area contributed by atoms with Crippen LogP contribution in [0.5, 0.6) is 0 Å². The second-order valence-electron chi connectivity index (χ2n) is 9.13. The van der Waals surface area contributed by atoms with Gasteiger partial charge < -0.3 is 20.3 Å². The molecule has 11 heteroatoms. The summed E-state index contributed by atoms with van der Waals surface area (Å²) in [5.41, 5.74) is 3.61. The van der Waals surface area contributed by atoms with Crippen LogP contribution in [0.2, 0.25) is 0 Å². The van der Waals surface area contributed by atoms with Crippen LogP contribution in [-0.4, -0.2) is 86.8 Å². The minimum Gasteiger partial charge on any atom is -0.377 e. The van der Waals surface area contributed by atoms with Crippen molar-refractivity contribution in [2.45, 2.75) is 32.9 Å². The fourth-order valence-electron chi connectivity index (χ4n) is 4.40. The molecule has 190 valence electrons. The van der Waals surface area contributed by atoms with Gasteiger partial charge in [-0.2, -0.15) is 0 Å². The third kappa shape index (κ3) is 6.47. The number of urea groups is 1. The summed E-state index contributed by atoms with van der Waals surface area (Å²) in [5, 5.41) is 5.52. The Balaban J connectivity index is 1.65. The zero-order valence-electron chi connectivity index (χ0n) is 20.6. The Labute approximate surface area is 207 Å². The Morgan fingerprint density at radius 3 is 2.66 bits per heavy atom. The van der Waals surface area contributed by atoms with Gasteiger partial charge in [-0.05, 0) is 44.5 Å². The highest BCUT2D eigenvalue weighted by Crippen LogP contribution is 2.31. The number of nitrogens with zero attached hydrogens (tertiary/aromatic N) is 4. The molecule has 2 aromatic rings. The number of rotatable bonds is 7. The van der Waals surface area contributed by atoms with Crippen LogP contribution < -0.4 is 15.5 Å². The number of anilines is 2. The summed E-state index contributed by atoms with van der Waals surface area (Å²) in [6.45, 7) is 8.46. The molecule has 1 saturated heterocycles. The number of nitrogens with one attached hydrogen (secondary N) is 2. The first kappa shape index (κ1) is 25.3. The van der Waals surface area contributed by atoms with Gasteiger partial charge in [0.25, 0.3) is 0 Å². The van der Waals surface area contributed by atoms with Crippen LogP contribution in [-0.2, 0) is 27.5 Å². The number of ether oxygens (including phenoxy) is 1. The van der Waals surface area contributed by atoms with Gasteiger partial charge in [0.15, 0.2) is 5.82 Å². The molecule has 10 nitrogen and oxygen atoms in total. The van der Waals surface area contributed by atoms with Gasteiger partial charge in [-0.3, -0.25) is 4.90 Å². The minimum absolute atomic E-state index is 0.133. The van der Waals surface area contributed by atoms with E-state index in [2.05, 4.69) is 27.4 Å². The predicted octanol–water partition coefficient (Wildman–Crippen LogP) is 1.91. The number of carbonyl (C=O) groups is 1.